The Morgan fingerprint density at radius 2 is 1.22 bits per heavy atom. The number of rotatable bonds is 21. The van der Waals surface area contributed by atoms with Crippen LogP contribution in [0, 0.1) is 0 Å². The Kier molecular flexibility index (Phi) is 16.7. The standard InChI is InChI=1S/C60H63N9O12S/c1-33(63-53(71)16-10-9-15-52(70)61-19-20-67-54(72)17-18-55(67)73)56(74)64-34(2)57(75)65-39-22-35(31-80-50-28-43-41(26-48(50)78-3)59(76)68-40(30-62-43)24-37-11-5-7-13-45(37)68)21-36(23-39)32-81-51-29-44-42(27-49(51)79-4)60(77)69-46-14-8-6-12-38(46)25-47(69)58(82)66-44/h5-8,11-14,17-18,21-23,26-29,33-34,40,47,58,62,66,82H,9-10,15-16,19-20,24-25,30-32H2,1-4H3,(H,61,70)(H,63,71)(H,64,74)(H,65,75). The second-order valence-corrected chi connectivity index (χ2v) is 21.2. The molecule has 426 valence electrons. The highest BCUT2D eigenvalue weighted by Gasteiger charge is 2.42. The first-order valence-corrected chi connectivity index (χ1v) is 27.6. The van der Waals surface area contributed by atoms with Gasteiger partial charge in [0.1, 0.15) is 25.3 Å². The van der Waals surface area contributed by atoms with E-state index in [4.69, 9.17) is 31.6 Å². The van der Waals surface area contributed by atoms with Crippen LogP contribution in [-0.4, -0.2) is 116 Å². The summed E-state index contributed by atoms with van der Waals surface area (Å²) < 4.78 is 24.5. The van der Waals surface area contributed by atoms with E-state index in [0.717, 1.165) is 33.8 Å². The second kappa shape index (κ2) is 24.4. The minimum Gasteiger partial charge on any atom is -0.493 e. The van der Waals surface area contributed by atoms with Crippen molar-refractivity contribution in [2.75, 3.05) is 59.6 Å². The van der Waals surface area contributed by atoms with E-state index in [2.05, 4.69) is 31.9 Å². The van der Waals surface area contributed by atoms with Crippen molar-refractivity contribution in [2.45, 2.75) is 95.1 Å². The molecule has 6 N–H and O–H groups in total. The minimum absolute atomic E-state index is 0.0275. The van der Waals surface area contributed by atoms with Gasteiger partial charge in [0.2, 0.25) is 23.6 Å². The molecule has 5 atom stereocenters. The topological polar surface area (TPSA) is 255 Å². The Balaban J connectivity index is 0.809. The molecule has 5 heterocycles. The summed E-state index contributed by atoms with van der Waals surface area (Å²) in [6, 6.07) is 25.4. The maximum absolute atomic E-state index is 14.3. The molecule has 0 radical (unpaired) electrons. The second-order valence-electron chi connectivity index (χ2n) is 20.6. The number of hydrogen-bond acceptors (Lipinski definition) is 15. The molecule has 5 unspecified atom stereocenters. The molecule has 0 aromatic heterocycles. The third kappa shape index (κ3) is 12.0. The lowest BCUT2D eigenvalue weighted by Crippen LogP contribution is -2.50. The highest BCUT2D eigenvalue weighted by Crippen LogP contribution is 2.44. The van der Waals surface area contributed by atoms with E-state index < -0.39 is 47.0 Å². The van der Waals surface area contributed by atoms with Gasteiger partial charge >= 0.3 is 0 Å². The Morgan fingerprint density at radius 1 is 0.659 bits per heavy atom. The predicted molar refractivity (Wildman–Crippen MR) is 309 cm³/mol. The van der Waals surface area contributed by atoms with Crippen molar-refractivity contribution < 1.29 is 57.3 Å². The quantitative estimate of drug-likeness (QED) is 0.0266. The summed E-state index contributed by atoms with van der Waals surface area (Å²) in [6.07, 6.45) is 4.60. The van der Waals surface area contributed by atoms with Crippen molar-refractivity contribution in [2.24, 2.45) is 0 Å². The lowest BCUT2D eigenvalue weighted by molar-refractivity contribution is -0.137. The molecule has 8 amide bonds. The number of imide groups is 1. The van der Waals surface area contributed by atoms with Gasteiger partial charge in [-0.15, -0.1) is 0 Å². The van der Waals surface area contributed by atoms with Gasteiger partial charge in [0.15, 0.2) is 23.0 Å². The molecular formula is C60H63N9O12S. The van der Waals surface area contributed by atoms with Gasteiger partial charge in [0.05, 0.1) is 54.2 Å². The molecule has 0 saturated carbocycles. The zero-order chi connectivity index (χ0) is 57.8. The maximum Gasteiger partial charge on any atom is 0.260 e. The number of anilines is 5. The van der Waals surface area contributed by atoms with Crippen LogP contribution in [0.15, 0.2) is 103 Å². The van der Waals surface area contributed by atoms with E-state index >= 15 is 0 Å². The van der Waals surface area contributed by atoms with Crippen LogP contribution in [0.3, 0.4) is 0 Å². The largest absolute Gasteiger partial charge is 0.493 e. The van der Waals surface area contributed by atoms with Crippen LogP contribution < -0.4 is 60.6 Å². The summed E-state index contributed by atoms with van der Waals surface area (Å²) in [5.41, 5.74) is 7.38. The predicted octanol–water partition coefficient (Wildman–Crippen LogP) is 5.66. The summed E-state index contributed by atoms with van der Waals surface area (Å²) in [5.74, 6) is -1.75. The maximum atomic E-state index is 14.3. The van der Waals surface area contributed by atoms with Gasteiger partial charge < -0.3 is 60.6 Å². The summed E-state index contributed by atoms with van der Waals surface area (Å²) in [6.45, 7) is 3.61. The molecule has 10 rings (SSSR count). The van der Waals surface area contributed by atoms with Gasteiger partial charge in [-0.2, -0.15) is 12.6 Å². The van der Waals surface area contributed by atoms with E-state index in [1.54, 1.807) is 41.3 Å². The van der Waals surface area contributed by atoms with Crippen LogP contribution in [-0.2, 0) is 54.8 Å². The van der Waals surface area contributed by atoms with Gasteiger partial charge in [-0.05, 0) is 104 Å². The van der Waals surface area contributed by atoms with Gasteiger partial charge in [-0.1, -0.05) is 36.4 Å². The molecule has 5 aliphatic rings. The number of carbonyl (C=O) groups is 8. The molecule has 21 nitrogen and oxygen atoms in total. The Hall–Kier alpha value is -9.05. The van der Waals surface area contributed by atoms with E-state index in [0.29, 0.717) is 88.1 Å². The number of thiol groups is 1. The Bertz CT molecular complexity index is 3410. The number of nitrogens with one attached hydrogen (secondary N) is 6. The lowest BCUT2D eigenvalue weighted by Gasteiger charge is -2.26. The normalized spacial score (nSPS) is 18.0. The summed E-state index contributed by atoms with van der Waals surface area (Å²) in [4.78, 5) is 109. The highest BCUT2D eigenvalue weighted by molar-refractivity contribution is 7.81. The number of fused-ring (bicyclic) bond motifs is 8. The third-order valence-electron chi connectivity index (χ3n) is 15.0. The number of amides is 8. The van der Waals surface area contributed by atoms with Crippen molar-refractivity contribution >= 4 is 88.3 Å². The smallest absolute Gasteiger partial charge is 0.260 e. The third-order valence-corrected chi connectivity index (χ3v) is 15.5. The van der Waals surface area contributed by atoms with Crippen LogP contribution in [0.5, 0.6) is 23.0 Å². The molecule has 5 aromatic carbocycles. The number of carbonyl (C=O) groups excluding carboxylic acids is 8. The fourth-order valence-corrected chi connectivity index (χ4v) is 11.2. The number of hydrogen-bond donors (Lipinski definition) is 7. The summed E-state index contributed by atoms with van der Waals surface area (Å²) in [5, 5.41) is 17.3. The van der Waals surface area contributed by atoms with Crippen LogP contribution in [0.25, 0.3) is 0 Å². The van der Waals surface area contributed by atoms with Crippen molar-refractivity contribution in [3.63, 3.8) is 0 Å². The van der Waals surface area contributed by atoms with E-state index in [-0.39, 0.29) is 69.0 Å². The molecule has 0 aliphatic carbocycles. The first-order chi connectivity index (χ1) is 39.6. The van der Waals surface area contributed by atoms with Crippen molar-refractivity contribution in [1.82, 2.24) is 20.9 Å². The van der Waals surface area contributed by atoms with Gasteiger partial charge in [-0.25, -0.2) is 0 Å². The van der Waals surface area contributed by atoms with E-state index in [1.807, 2.05) is 59.5 Å². The molecule has 0 bridgehead atoms. The minimum atomic E-state index is -1.06. The molecule has 22 heteroatoms. The molecule has 0 fully saturated rings. The number of benzene rings is 5. The number of para-hydroxylation sites is 2. The number of ether oxygens (including phenoxy) is 4. The van der Waals surface area contributed by atoms with Crippen LogP contribution >= 0.6 is 12.6 Å². The number of unbranched alkanes of at least 4 members (excludes halogenated alkanes) is 1. The van der Waals surface area contributed by atoms with Crippen molar-refractivity contribution in [1.29, 1.82) is 0 Å². The fraction of sp³-hybridized carbons (Fsp3) is 0.333. The number of methoxy groups -OCH3 is 2. The summed E-state index contributed by atoms with van der Waals surface area (Å²) >= 11 is 4.91. The van der Waals surface area contributed by atoms with Gasteiger partial charge in [0.25, 0.3) is 23.6 Å². The van der Waals surface area contributed by atoms with Gasteiger partial charge in [0, 0.05) is 73.8 Å². The zero-order valence-electron chi connectivity index (χ0n) is 45.7. The monoisotopic (exact) mass is 1130 g/mol. The highest BCUT2D eigenvalue weighted by atomic mass is 32.1. The first-order valence-electron chi connectivity index (χ1n) is 27.1. The fourth-order valence-electron chi connectivity index (χ4n) is 10.8. The molecule has 0 saturated heterocycles. The zero-order valence-corrected chi connectivity index (χ0v) is 46.6. The average Bonchev–Trinajstić information content (AvgIpc) is 4.32. The lowest BCUT2D eigenvalue weighted by atomic mass is 10.1. The number of nitrogens with zero attached hydrogens (tertiary/aromatic N) is 3. The average molecular weight is 1130 g/mol. The Morgan fingerprint density at radius 3 is 1.87 bits per heavy atom. The van der Waals surface area contributed by atoms with E-state index in [1.165, 1.54) is 40.2 Å². The van der Waals surface area contributed by atoms with Crippen molar-refractivity contribution in [3.05, 3.63) is 137 Å². The van der Waals surface area contributed by atoms with Crippen molar-refractivity contribution in [3.8, 4) is 23.0 Å². The van der Waals surface area contributed by atoms with Crippen LogP contribution in [0.1, 0.15) is 82.5 Å². The molecular weight excluding hydrogens is 1070 g/mol. The summed E-state index contributed by atoms with van der Waals surface area (Å²) in [7, 11) is 2.99. The van der Waals surface area contributed by atoms with Gasteiger partial charge in [-0.3, -0.25) is 43.3 Å². The molecule has 82 heavy (non-hydrogen) atoms. The van der Waals surface area contributed by atoms with Crippen LogP contribution in [0.2, 0.25) is 0 Å². The molecule has 5 aromatic rings. The van der Waals surface area contributed by atoms with E-state index in [9.17, 15) is 38.4 Å². The SMILES string of the molecule is COc1cc2c(cc1OCc1cc(COc3cc4c(cc3OC)C(=O)N3c5ccccc5CC3C(S)N4)cc(NC(=O)C(C)NC(=O)C(C)NC(=O)CCCCC(=O)NCCN3C(=O)C=CC3=O)c1)NCC1Cc3ccccc3N1C2=O. The first kappa shape index (κ1) is 56.2. The molecule has 5 aliphatic heterocycles. The van der Waals surface area contributed by atoms with Crippen LogP contribution in [0.4, 0.5) is 28.4 Å². The Labute approximate surface area is 478 Å². The molecule has 0 spiro atoms.